The van der Waals surface area contributed by atoms with Crippen molar-refractivity contribution in [1.29, 1.82) is 0 Å². The third-order valence-electron chi connectivity index (χ3n) is 4.38. The molecule has 3 amide bonds. The second kappa shape index (κ2) is 10.1. The van der Waals surface area contributed by atoms with Gasteiger partial charge in [0.2, 0.25) is 17.7 Å². The van der Waals surface area contributed by atoms with E-state index in [-0.39, 0.29) is 24.0 Å². The maximum Gasteiger partial charge on any atom is 0.335 e. The lowest BCUT2D eigenvalue weighted by molar-refractivity contribution is -0.130. The Morgan fingerprint density at radius 1 is 0.967 bits per heavy atom. The molecule has 2 aromatic rings. The molecule has 2 aromatic carbocycles. The largest absolute Gasteiger partial charge is 0.478 e. The molecule has 0 aliphatic rings. The van der Waals surface area contributed by atoms with Crippen LogP contribution >= 0.6 is 0 Å². The molecule has 2 atom stereocenters. The Morgan fingerprint density at radius 2 is 1.60 bits per heavy atom. The Morgan fingerprint density at radius 3 is 2.13 bits per heavy atom. The third kappa shape index (κ3) is 6.40. The number of rotatable bonds is 9. The van der Waals surface area contributed by atoms with E-state index in [0.29, 0.717) is 5.56 Å². The number of carboxylic acids is 1. The highest BCUT2D eigenvalue weighted by Crippen LogP contribution is 2.11. The van der Waals surface area contributed by atoms with Gasteiger partial charge in [0, 0.05) is 19.8 Å². The molecule has 0 aromatic heterocycles. The summed E-state index contributed by atoms with van der Waals surface area (Å²) in [4.78, 5) is 47.0. The number of amides is 3. The summed E-state index contributed by atoms with van der Waals surface area (Å²) in [5, 5.41) is 13.9. The molecule has 158 valence electrons. The minimum Gasteiger partial charge on any atom is -0.478 e. The van der Waals surface area contributed by atoms with Gasteiger partial charge in [0.25, 0.3) is 0 Å². The average molecular weight is 415 g/mol. The number of carboxylic acid groups (broad SMARTS) is 1. The summed E-state index contributed by atoms with van der Waals surface area (Å²) >= 11 is 0. The summed E-state index contributed by atoms with van der Waals surface area (Å²) in [5.74, 6) is -3.61. The van der Waals surface area contributed by atoms with Gasteiger partial charge >= 0.3 is 5.97 Å². The zero-order valence-corrected chi connectivity index (χ0v) is 16.2. The molecule has 0 saturated carbocycles. The molecule has 5 N–H and O–H groups in total. The monoisotopic (exact) mass is 415 g/mol. The van der Waals surface area contributed by atoms with E-state index in [1.165, 1.54) is 49.4 Å². The van der Waals surface area contributed by atoms with Crippen LogP contribution in [0.5, 0.6) is 0 Å². The van der Waals surface area contributed by atoms with E-state index in [0.717, 1.165) is 0 Å². The van der Waals surface area contributed by atoms with Gasteiger partial charge in [0.1, 0.15) is 17.9 Å². The second-order valence-corrected chi connectivity index (χ2v) is 6.72. The predicted molar refractivity (Wildman–Crippen MR) is 106 cm³/mol. The molecule has 30 heavy (non-hydrogen) atoms. The first-order valence-electron chi connectivity index (χ1n) is 9.09. The number of benzene rings is 2. The number of primary amides is 1. The predicted octanol–water partition coefficient (Wildman–Crippen LogP) is 0.784. The Bertz CT molecular complexity index is 946. The van der Waals surface area contributed by atoms with Gasteiger partial charge < -0.3 is 21.5 Å². The van der Waals surface area contributed by atoms with Gasteiger partial charge in [-0.1, -0.05) is 30.3 Å². The molecule has 0 aliphatic carbocycles. The number of nitrogens with two attached hydrogens (primary N) is 1. The van der Waals surface area contributed by atoms with Gasteiger partial charge in [0.15, 0.2) is 0 Å². The topological polar surface area (TPSA) is 139 Å². The molecule has 9 heteroatoms. The fourth-order valence-electron chi connectivity index (χ4n) is 2.85. The molecule has 0 aliphatic heterocycles. The highest BCUT2D eigenvalue weighted by atomic mass is 19.1. The minimum atomic E-state index is -1.12. The first-order valence-corrected chi connectivity index (χ1v) is 9.09. The van der Waals surface area contributed by atoms with Crippen LogP contribution in [0.2, 0.25) is 0 Å². The lowest BCUT2D eigenvalue weighted by Crippen LogP contribution is -2.54. The fraction of sp³-hybridized carbons (Fsp3) is 0.238. The Hall–Kier alpha value is -3.75. The van der Waals surface area contributed by atoms with Gasteiger partial charge in [-0.05, 0) is 29.3 Å². The smallest absolute Gasteiger partial charge is 0.335 e. The maximum atomic E-state index is 14.0. The molecule has 0 saturated heterocycles. The normalized spacial score (nSPS) is 12.5. The molecule has 0 unspecified atom stereocenters. The summed E-state index contributed by atoms with van der Waals surface area (Å²) in [6.45, 7) is 1.22. The van der Waals surface area contributed by atoms with Crippen molar-refractivity contribution in [2.75, 3.05) is 0 Å². The number of hydrogen-bond donors (Lipinski definition) is 4. The average Bonchev–Trinajstić information content (AvgIpc) is 2.68. The highest BCUT2D eigenvalue weighted by molar-refractivity contribution is 5.91. The standard InChI is InChI=1S/C21H22FN3O5/c1-12(26)24-18(11-15-4-2-3-5-16(15)22)20(28)25-17(19(23)27)10-13-6-8-14(9-7-13)21(29)30/h2-9,17-18H,10-11H2,1H3,(H2,23,27)(H,24,26)(H,25,28)(H,29,30)/t17-,18+/m0/s1. The van der Waals surface area contributed by atoms with Crippen LogP contribution in [0.1, 0.15) is 28.4 Å². The molecule has 0 spiro atoms. The Labute approximate surface area is 172 Å². The summed E-state index contributed by atoms with van der Waals surface area (Å²) in [6, 6.07) is 9.38. The van der Waals surface area contributed by atoms with Crippen LogP contribution in [0.15, 0.2) is 48.5 Å². The first kappa shape index (κ1) is 22.5. The van der Waals surface area contributed by atoms with Crippen LogP contribution in [0.4, 0.5) is 4.39 Å². The van der Waals surface area contributed by atoms with Gasteiger partial charge in [-0.2, -0.15) is 0 Å². The van der Waals surface area contributed by atoms with E-state index in [4.69, 9.17) is 10.8 Å². The zero-order chi connectivity index (χ0) is 22.3. The third-order valence-corrected chi connectivity index (χ3v) is 4.38. The number of carbonyl (C=O) groups is 4. The first-order chi connectivity index (χ1) is 14.2. The molecular formula is C21H22FN3O5. The van der Waals surface area contributed by atoms with Crippen molar-refractivity contribution in [2.24, 2.45) is 5.73 Å². The van der Waals surface area contributed by atoms with Crippen molar-refractivity contribution in [3.05, 3.63) is 71.0 Å². The van der Waals surface area contributed by atoms with Crippen LogP contribution in [-0.2, 0) is 27.2 Å². The molecule has 8 nitrogen and oxygen atoms in total. The minimum absolute atomic E-state index is 0.0213. The molecule has 2 rings (SSSR count). The van der Waals surface area contributed by atoms with E-state index in [1.54, 1.807) is 6.07 Å². The SMILES string of the molecule is CC(=O)N[C@H](Cc1ccccc1F)C(=O)N[C@@H](Cc1ccc(C(=O)O)cc1)C(N)=O. The highest BCUT2D eigenvalue weighted by Gasteiger charge is 2.26. The van der Waals surface area contributed by atoms with Crippen molar-refractivity contribution < 1.29 is 28.7 Å². The van der Waals surface area contributed by atoms with Crippen LogP contribution in [-0.4, -0.2) is 40.9 Å². The molecule has 0 bridgehead atoms. The van der Waals surface area contributed by atoms with Gasteiger partial charge in [-0.25, -0.2) is 9.18 Å². The van der Waals surface area contributed by atoms with E-state index in [1.807, 2.05) is 0 Å². The van der Waals surface area contributed by atoms with Crippen molar-refractivity contribution in [3.63, 3.8) is 0 Å². The molecule has 0 radical (unpaired) electrons. The summed E-state index contributed by atoms with van der Waals surface area (Å²) in [5.41, 5.74) is 6.28. The second-order valence-electron chi connectivity index (χ2n) is 6.72. The Kier molecular flexibility index (Phi) is 7.62. The van der Waals surface area contributed by atoms with Crippen molar-refractivity contribution in [2.45, 2.75) is 31.8 Å². The van der Waals surface area contributed by atoms with E-state index in [9.17, 15) is 23.6 Å². The van der Waals surface area contributed by atoms with Crippen molar-refractivity contribution in [3.8, 4) is 0 Å². The summed E-state index contributed by atoms with van der Waals surface area (Å²) in [6.07, 6.45) is -0.0929. The number of nitrogens with one attached hydrogen (secondary N) is 2. The van der Waals surface area contributed by atoms with E-state index in [2.05, 4.69) is 10.6 Å². The van der Waals surface area contributed by atoms with Crippen LogP contribution in [0.3, 0.4) is 0 Å². The number of halogens is 1. The summed E-state index contributed by atoms with van der Waals surface area (Å²) in [7, 11) is 0. The van der Waals surface area contributed by atoms with Crippen LogP contribution in [0.25, 0.3) is 0 Å². The van der Waals surface area contributed by atoms with Crippen molar-refractivity contribution in [1.82, 2.24) is 10.6 Å². The lowest BCUT2D eigenvalue weighted by atomic mass is 10.0. The molecule has 0 heterocycles. The maximum absolute atomic E-state index is 14.0. The van der Waals surface area contributed by atoms with E-state index < -0.39 is 41.6 Å². The van der Waals surface area contributed by atoms with Crippen molar-refractivity contribution >= 4 is 23.7 Å². The Balaban J connectivity index is 2.14. The fourth-order valence-corrected chi connectivity index (χ4v) is 2.85. The van der Waals surface area contributed by atoms with Gasteiger partial charge in [0.05, 0.1) is 5.56 Å². The van der Waals surface area contributed by atoms with Crippen LogP contribution < -0.4 is 16.4 Å². The quantitative estimate of drug-likeness (QED) is 0.479. The molecular weight excluding hydrogens is 393 g/mol. The number of hydrogen-bond acceptors (Lipinski definition) is 4. The number of aromatic carboxylic acids is 1. The van der Waals surface area contributed by atoms with Crippen LogP contribution in [0, 0.1) is 5.82 Å². The van der Waals surface area contributed by atoms with Gasteiger partial charge in [-0.3, -0.25) is 14.4 Å². The van der Waals surface area contributed by atoms with E-state index >= 15 is 0 Å². The summed E-state index contributed by atoms with van der Waals surface area (Å²) < 4.78 is 14.0. The number of carbonyl (C=O) groups excluding carboxylic acids is 3. The molecule has 0 fully saturated rings. The zero-order valence-electron chi connectivity index (χ0n) is 16.2. The lowest BCUT2D eigenvalue weighted by Gasteiger charge is -2.22. The van der Waals surface area contributed by atoms with Gasteiger partial charge in [-0.15, -0.1) is 0 Å².